The molecule has 34 heavy (non-hydrogen) atoms. The summed E-state index contributed by atoms with van der Waals surface area (Å²) in [5.41, 5.74) is 1.35. The van der Waals surface area contributed by atoms with E-state index in [1.54, 1.807) is 42.5 Å². The first-order chi connectivity index (χ1) is 16.5. The molecule has 0 aliphatic carbocycles. The van der Waals surface area contributed by atoms with Gasteiger partial charge in [-0.15, -0.1) is 11.8 Å². The molecule has 0 aromatic heterocycles. The van der Waals surface area contributed by atoms with Crippen LogP contribution < -0.4 is 19.5 Å². The molecule has 1 heterocycles. The summed E-state index contributed by atoms with van der Waals surface area (Å²) in [6.45, 7) is -1.80. The predicted octanol–water partition coefficient (Wildman–Crippen LogP) is 5.68. The van der Waals surface area contributed by atoms with Crippen molar-refractivity contribution in [3.63, 3.8) is 0 Å². The number of carbonyl (C=O) groups is 2. The van der Waals surface area contributed by atoms with Crippen molar-refractivity contribution in [3.8, 4) is 17.2 Å². The van der Waals surface area contributed by atoms with Crippen LogP contribution in [0.4, 0.5) is 14.5 Å². The van der Waals surface area contributed by atoms with Gasteiger partial charge in [0.05, 0.1) is 24.5 Å². The number of fused-ring (bicyclic) bond motifs is 1. The van der Waals surface area contributed by atoms with E-state index in [0.29, 0.717) is 46.4 Å². The van der Waals surface area contributed by atoms with Crippen LogP contribution in [0.1, 0.15) is 27.1 Å². The number of benzene rings is 3. The lowest BCUT2D eigenvalue weighted by Crippen LogP contribution is -2.13. The molecule has 176 valence electrons. The van der Waals surface area contributed by atoms with Crippen molar-refractivity contribution in [1.82, 2.24) is 0 Å². The number of carbonyl (C=O) groups excluding carboxylic acids is 2. The first kappa shape index (κ1) is 23.6. The van der Waals surface area contributed by atoms with Gasteiger partial charge in [-0.25, -0.2) is 0 Å². The highest BCUT2D eigenvalue weighted by molar-refractivity contribution is 8.00. The fourth-order valence-corrected chi connectivity index (χ4v) is 4.21. The summed E-state index contributed by atoms with van der Waals surface area (Å²) in [6.07, 6.45) is 0.785. The van der Waals surface area contributed by atoms with Crippen molar-refractivity contribution in [2.24, 2.45) is 0 Å². The quantitative estimate of drug-likeness (QED) is 0.327. The van der Waals surface area contributed by atoms with Crippen LogP contribution >= 0.6 is 11.8 Å². The monoisotopic (exact) mass is 485 g/mol. The zero-order chi connectivity index (χ0) is 23.9. The molecule has 0 fully saturated rings. The summed E-state index contributed by atoms with van der Waals surface area (Å²) in [5.74, 6) is 0.747. The Kier molecular flexibility index (Phi) is 7.64. The van der Waals surface area contributed by atoms with Crippen molar-refractivity contribution in [2.75, 3.05) is 24.3 Å². The van der Waals surface area contributed by atoms with E-state index in [4.69, 9.17) is 9.47 Å². The average molecular weight is 486 g/mol. The molecular weight excluding hydrogens is 464 g/mol. The zero-order valence-electron chi connectivity index (χ0n) is 18.0. The fourth-order valence-electron chi connectivity index (χ4n) is 3.27. The minimum Gasteiger partial charge on any atom is -0.490 e. The van der Waals surface area contributed by atoms with Gasteiger partial charge in [-0.3, -0.25) is 9.59 Å². The Morgan fingerprint density at radius 1 is 0.971 bits per heavy atom. The zero-order valence-corrected chi connectivity index (χ0v) is 18.8. The van der Waals surface area contributed by atoms with E-state index in [-0.39, 0.29) is 23.2 Å². The maximum absolute atomic E-state index is 13.0. The minimum atomic E-state index is -2.92. The SMILES string of the molecule is O=C(CSc1ccccc1C(=O)Nc1ccc2c(c1)OCCCO2)c1ccc(OC(F)F)cc1. The topological polar surface area (TPSA) is 73.9 Å². The number of halogens is 2. The highest BCUT2D eigenvalue weighted by Gasteiger charge is 2.16. The molecule has 3 aromatic rings. The van der Waals surface area contributed by atoms with Gasteiger partial charge in [0.2, 0.25) is 0 Å². The van der Waals surface area contributed by atoms with E-state index in [9.17, 15) is 18.4 Å². The number of hydrogen-bond donors (Lipinski definition) is 1. The summed E-state index contributed by atoms with van der Waals surface area (Å²) >= 11 is 1.22. The van der Waals surface area contributed by atoms with E-state index in [2.05, 4.69) is 10.1 Å². The number of ketones is 1. The van der Waals surface area contributed by atoms with Gasteiger partial charge >= 0.3 is 6.61 Å². The van der Waals surface area contributed by atoms with Crippen LogP contribution in [0.15, 0.2) is 71.6 Å². The molecule has 0 spiro atoms. The normalized spacial score (nSPS) is 12.7. The average Bonchev–Trinajstić information content (AvgIpc) is 3.08. The second-order valence-corrected chi connectivity index (χ2v) is 8.29. The lowest BCUT2D eigenvalue weighted by Gasteiger charge is -2.12. The maximum atomic E-state index is 13.0. The highest BCUT2D eigenvalue weighted by Crippen LogP contribution is 2.33. The molecule has 0 radical (unpaired) electrons. The lowest BCUT2D eigenvalue weighted by atomic mass is 10.1. The van der Waals surface area contributed by atoms with Gasteiger partial charge in [0, 0.05) is 28.6 Å². The molecule has 0 atom stereocenters. The van der Waals surface area contributed by atoms with E-state index in [0.717, 1.165) is 6.42 Å². The van der Waals surface area contributed by atoms with Crippen LogP contribution in [0.3, 0.4) is 0 Å². The Hall–Kier alpha value is -3.59. The Bertz CT molecular complexity index is 1170. The first-order valence-corrected chi connectivity index (χ1v) is 11.5. The Labute approximate surface area is 199 Å². The van der Waals surface area contributed by atoms with Crippen LogP contribution in [-0.2, 0) is 0 Å². The number of thioether (sulfide) groups is 1. The van der Waals surface area contributed by atoms with Gasteiger partial charge in [0.25, 0.3) is 5.91 Å². The van der Waals surface area contributed by atoms with Crippen LogP contribution in [0.25, 0.3) is 0 Å². The molecule has 1 N–H and O–H groups in total. The van der Waals surface area contributed by atoms with E-state index >= 15 is 0 Å². The number of nitrogens with one attached hydrogen (secondary N) is 1. The fraction of sp³-hybridized carbons (Fsp3) is 0.200. The van der Waals surface area contributed by atoms with Crippen LogP contribution in [-0.4, -0.2) is 37.3 Å². The van der Waals surface area contributed by atoms with Gasteiger partial charge in [-0.05, 0) is 48.5 Å². The van der Waals surface area contributed by atoms with Crippen LogP contribution in [0, 0.1) is 0 Å². The van der Waals surface area contributed by atoms with Crippen LogP contribution in [0.2, 0.25) is 0 Å². The number of Topliss-reactive ketones (excluding diaryl/α,β-unsaturated/α-hetero) is 1. The predicted molar refractivity (Wildman–Crippen MR) is 125 cm³/mol. The summed E-state index contributed by atoms with van der Waals surface area (Å²) in [6, 6.07) is 17.7. The second-order valence-electron chi connectivity index (χ2n) is 7.28. The van der Waals surface area contributed by atoms with Gasteiger partial charge in [-0.1, -0.05) is 12.1 Å². The molecule has 0 bridgehead atoms. The maximum Gasteiger partial charge on any atom is 0.387 e. The number of anilines is 1. The lowest BCUT2D eigenvalue weighted by molar-refractivity contribution is -0.0498. The Morgan fingerprint density at radius 3 is 2.47 bits per heavy atom. The third-order valence-electron chi connectivity index (χ3n) is 4.90. The Balaban J connectivity index is 1.41. The first-order valence-electron chi connectivity index (χ1n) is 10.5. The van der Waals surface area contributed by atoms with E-state index in [1.807, 2.05) is 0 Å². The molecular formula is C25H21F2NO5S. The van der Waals surface area contributed by atoms with E-state index in [1.165, 1.54) is 36.0 Å². The molecule has 9 heteroatoms. The summed E-state index contributed by atoms with van der Waals surface area (Å²) in [4.78, 5) is 26.1. The minimum absolute atomic E-state index is 0.0176. The van der Waals surface area contributed by atoms with Gasteiger partial charge < -0.3 is 19.5 Å². The molecule has 3 aromatic carbocycles. The van der Waals surface area contributed by atoms with Gasteiger partial charge in [-0.2, -0.15) is 8.78 Å². The van der Waals surface area contributed by atoms with Crippen molar-refractivity contribution >= 4 is 29.1 Å². The number of rotatable bonds is 8. The van der Waals surface area contributed by atoms with Gasteiger partial charge in [0.1, 0.15) is 5.75 Å². The van der Waals surface area contributed by atoms with E-state index < -0.39 is 6.61 Å². The summed E-state index contributed by atoms with van der Waals surface area (Å²) in [7, 11) is 0. The molecule has 1 aliphatic heterocycles. The smallest absolute Gasteiger partial charge is 0.387 e. The number of alkyl halides is 2. The molecule has 4 rings (SSSR count). The molecule has 0 saturated heterocycles. The molecule has 0 unspecified atom stereocenters. The molecule has 1 aliphatic rings. The van der Waals surface area contributed by atoms with Crippen molar-refractivity contribution in [2.45, 2.75) is 17.9 Å². The Morgan fingerprint density at radius 2 is 1.71 bits per heavy atom. The third-order valence-corrected chi connectivity index (χ3v) is 5.97. The van der Waals surface area contributed by atoms with Crippen molar-refractivity contribution in [3.05, 3.63) is 77.9 Å². The molecule has 6 nitrogen and oxygen atoms in total. The van der Waals surface area contributed by atoms with Crippen molar-refractivity contribution < 1.29 is 32.6 Å². The molecule has 1 amide bonds. The number of hydrogen-bond acceptors (Lipinski definition) is 6. The number of amides is 1. The molecule has 0 saturated carbocycles. The largest absolute Gasteiger partial charge is 0.490 e. The highest BCUT2D eigenvalue weighted by atomic mass is 32.2. The third kappa shape index (κ3) is 6.05. The summed E-state index contributed by atoms with van der Waals surface area (Å²) < 4.78 is 40.1. The number of ether oxygens (including phenoxy) is 3. The standard InChI is InChI=1S/C25H21F2NO5S/c26-25(27)33-18-9-6-16(7-10-18)20(29)15-34-23-5-2-1-4-19(23)24(30)28-17-8-11-21-22(14-17)32-13-3-12-31-21/h1-2,4-11,14,25H,3,12-13,15H2,(H,28,30). The van der Waals surface area contributed by atoms with Crippen molar-refractivity contribution in [1.29, 1.82) is 0 Å². The summed E-state index contributed by atoms with van der Waals surface area (Å²) in [5, 5.41) is 2.86. The van der Waals surface area contributed by atoms with Gasteiger partial charge in [0.15, 0.2) is 17.3 Å². The second kappa shape index (κ2) is 11.0. The van der Waals surface area contributed by atoms with Crippen LogP contribution in [0.5, 0.6) is 17.2 Å².